The van der Waals surface area contributed by atoms with Gasteiger partial charge in [0.15, 0.2) is 28.3 Å². The number of aliphatic hydroxyl groups is 4. The second-order valence-electron chi connectivity index (χ2n) is 7.81. The van der Waals surface area contributed by atoms with Gasteiger partial charge in [-0.2, -0.15) is 0 Å². The second kappa shape index (κ2) is 9.60. The van der Waals surface area contributed by atoms with Crippen LogP contribution in [0.2, 0.25) is 0 Å². The van der Waals surface area contributed by atoms with Crippen LogP contribution in [0.5, 0.6) is 28.7 Å². The van der Waals surface area contributed by atoms with E-state index in [0.29, 0.717) is 5.56 Å². The molecule has 1 aliphatic rings. The van der Waals surface area contributed by atoms with E-state index in [-0.39, 0.29) is 34.0 Å². The van der Waals surface area contributed by atoms with Gasteiger partial charge in [0.2, 0.25) is 12.0 Å². The SMILES string of the molecule is COc1cc(-c2cc(=O)c3c(O)cc(OC)c(O)c3o2)ccc1O[C@@H]1OC(CO)[C@H](O)[C@H](O)C1O. The molecule has 5 atom stereocenters. The molecule has 35 heavy (non-hydrogen) atoms. The summed E-state index contributed by atoms with van der Waals surface area (Å²) < 4.78 is 27.0. The Kier molecular flexibility index (Phi) is 6.74. The summed E-state index contributed by atoms with van der Waals surface area (Å²) in [4.78, 5) is 12.6. The molecular formula is C23H24O12. The van der Waals surface area contributed by atoms with Crippen LogP contribution in [-0.2, 0) is 4.74 Å². The monoisotopic (exact) mass is 492 g/mol. The van der Waals surface area contributed by atoms with Crippen LogP contribution in [0.25, 0.3) is 22.3 Å². The van der Waals surface area contributed by atoms with E-state index >= 15 is 0 Å². The summed E-state index contributed by atoms with van der Waals surface area (Å²) in [6, 6.07) is 6.58. The first-order chi connectivity index (χ1) is 16.7. The molecule has 0 bridgehead atoms. The summed E-state index contributed by atoms with van der Waals surface area (Å²) in [6.45, 7) is -0.616. The molecule has 2 heterocycles. The Balaban J connectivity index is 1.71. The second-order valence-corrected chi connectivity index (χ2v) is 7.81. The molecule has 6 N–H and O–H groups in total. The number of methoxy groups -OCH3 is 2. The number of rotatable bonds is 6. The Labute approximate surface area is 197 Å². The summed E-state index contributed by atoms with van der Waals surface area (Å²) in [6.07, 6.45) is -7.37. The van der Waals surface area contributed by atoms with Crippen molar-refractivity contribution in [2.75, 3.05) is 20.8 Å². The Bertz CT molecular complexity index is 1280. The van der Waals surface area contributed by atoms with Gasteiger partial charge in [0.1, 0.15) is 41.3 Å². The third-order valence-electron chi connectivity index (χ3n) is 5.68. The van der Waals surface area contributed by atoms with Crippen LogP contribution in [0, 0.1) is 0 Å². The lowest BCUT2D eigenvalue weighted by Crippen LogP contribution is -2.60. The van der Waals surface area contributed by atoms with Gasteiger partial charge in [0.25, 0.3) is 0 Å². The van der Waals surface area contributed by atoms with Gasteiger partial charge in [-0.05, 0) is 18.2 Å². The van der Waals surface area contributed by atoms with Crippen molar-refractivity contribution in [3.05, 3.63) is 40.6 Å². The number of ether oxygens (including phenoxy) is 4. The average molecular weight is 492 g/mol. The van der Waals surface area contributed by atoms with Crippen LogP contribution in [0.15, 0.2) is 39.5 Å². The molecule has 0 aliphatic carbocycles. The van der Waals surface area contributed by atoms with Crippen molar-refractivity contribution in [2.45, 2.75) is 30.7 Å². The molecule has 1 aromatic heterocycles. The van der Waals surface area contributed by atoms with Gasteiger partial charge < -0.3 is 54.0 Å². The van der Waals surface area contributed by atoms with E-state index in [1.165, 1.54) is 32.4 Å². The molecule has 188 valence electrons. The van der Waals surface area contributed by atoms with E-state index < -0.39 is 54.2 Å². The summed E-state index contributed by atoms with van der Waals surface area (Å²) in [5.41, 5.74) is -0.550. The van der Waals surface area contributed by atoms with Gasteiger partial charge in [0.05, 0.1) is 20.8 Å². The lowest BCUT2D eigenvalue weighted by Gasteiger charge is -2.39. The zero-order valence-corrected chi connectivity index (χ0v) is 18.6. The summed E-state index contributed by atoms with van der Waals surface area (Å²) >= 11 is 0. The number of fused-ring (bicyclic) bond motifs is 1. The van der Waals surface area contributed by atoms with Gasteiger partial charge >= 0.3 is 0 Å². The van der Waals surface area contributed by atoms with Crippen molar-refractivity contribution in [3.63, 3.8) is 0 Å². The standard InChI is InChI=1S/C23H24O12/c1-31-14-5-9(3-4-12(14)34-23-21(30)20(29)18(27)16(8-24)35-23)13-6-10(25)17-11(26)7-15(32-2)19(28)22(17)33-13/h3-7,16,18,20-21,23-24,26-30H,8H2,1-2H3/t16?,18-,20-,21?,23+/m0/s1. The van der Waals surface area contributed by atoms with Crippen molar-refractivity contribution < 1.29 is 54.0 Å². The largest absolute Gasteiger partial charge is 0.507 e. The highest BCUT2D eigenvalue weighted by molar-refractivity contribution is 5.91. The minimum Gasteiger partial charge on any atom is -0.507 e. The Morgan fingerprint density at radius 3 is 2.29 bits per heavy atom. The van der Waals surface area contributed by atoms with Crippen LogP contribution >= 0.6 is 0 Å². The Hall–Kier alpha value is -3.55. The van der Waals surface area contributed by atoms with E-state index in [9.17, 15) is 35.4 Å². The highest BCUT2D eigenvalue weighted by atomic mass is 16.7. The molecular weight excluding hydrogens is 468 g/mol. The zero-order chi connectivity index (χ0) is 25.4. The lowest BCUT2D eigenvalue weighted by molar-refractivity contribution is -0.277. The molecule has 0 saturated carbocycles. The molecule has 1 fully saturated rings. The zero-order valence-electron chi connectivity index (χ0n) is 18.6. The number of aromatic hydroxyl groups is 2. The molecule has 12 heteroatoms. The summed E-state index contributed by atoms with van der Waals surface area (Å²) in [5.74, 6) is -0.741. The highest BCUT2D eigenvalue weighted by Gasteiger charge is 2.45. The van der Waals surface area contributed by atoms with Crippen molar-refractivity contribution in [1.29, 1.82) is 0 Å². The third kappa shape index (κ3) is 4.33. The topological polar surface area (TPSA) is 189 Å². The van der Waals surface area contributed by atoms with Crippen molar-refractivity contribution in [2.24, 2.45) is 0 Å². The normalized spacial score (nSPS) is 24.3. The molecule has 2 aromatic carbocycles. The number of aliphatic hydroxyl groups excluding tert-OH is 4. The van der Waals surface area contributed by atoms with Crippen LogP contribution in [0.3, 0.4) is 0 Å². The molecule has 2 unspecified atom stereocenters. The van der Waals surface area contributed by atoms with Crippen LogP contribution < -0.4 is 19.6 Å². The molecule has 12 nitrogen and oxygen atoms in total. The third-order valence-corrected chi connectivity index (χ3v) is 5.68. The maximum Gasteiger partial charge on any atom is 0.229 e. The molecule has 1 saturated heterocycles. The van der Waals surface area contributed by atoms with Gasteiger partial charge in [-0.1, -0.05) is 0 Å². The minimum absolute atomic E-state index is 0.0307. The van der Waals surface area contributed by atoms with E-state index in [2.05, 4.69) is 0 Å². The molecule has 0 spiro atoms. The van der Waals surface area contributed by atoms with Gasteiger partial charge in [-0.3, -0.25) is 4.79 Å². The molecule has 3 aromatic rings. The van der Waals surface area contributed by atoms with Gasteiger partial charge in [-0.15, -0.1) is 0 Å². The highest BCUT2D eigenvalue weighted by Crippen LogP contribution is 2.41. The number of hydrogen-bond acceptors (Lipinski definition) is 12. The average Bonchev–Trinajstić information content (AvgIpc) is 2.86. The van der Waals surface area contributed by atoms with E-state index in [1.54, 1.807) is 0 Å². The fourth-order valence-corrected chi connectivity index (χ4v) is 3.79. The predicted molar refractivity (Wildman–Crippen MR) is 119 cm³/mol. The quantitative estimate of drug-likeness (QED) is 0.254. The molecule has 0 amide bonds. The Morgan fingerprint density at radius 1 is 0.914 bits per heavy atom. The van der Waals surface area contributed by atoms with Gasteiger partial charge in [-0.25, -0.2) is 0 Å². The first kappa shape index (κ1) is 24.6. The fraction of sp³-hybridized carbons (Fsp3) is 0.348. The van der Waals surface area contributed by atoms with E-state index in [4.69, 9.17) is 23.4 Å². The van der Waals surface area contributed by atoms with Crippen molar-refractivity contribution >= 4 is 11.0 Å². The molecule has 4 rings (SSSR count). The summed E-state index contributed by atoms with van der Waals surface area (Å²) in [5, 5.41) is 59.8. The molecule has 0 radical (unpaired) electrons. The lowest BCUT2D eigenvalue weighted by atomic mass is 9.99. The fourth-order valence-electron chi connectivity index (χ4n) is 3.79. The van der Waals surface area contributed by atoms with E-state index in [0.717, 1.165) is 12.1 Å². The predicted octanol–water partition coefficient (Wildman–Crippen LogP) is 0.0671. The first-order valence-electron chi connectivity index (χ1n) is 10.4. The first-order valence-corrected chi connectivity index (χ1v) is 10.4. The van der Waals surface area contributed by atoms with Crippen molar-refractivity contribution in [1.82, 2.24) is 0 Å². The van der Waals surface area contributed by atoms with Crippen LogP contribution in [-0.4, -0.2) is 82.2 Å². The number of benzene rings is 2. The Morgan fingerprint density at radius 2 is 1.63 bits per heavy atom. The van der Waals surface area contributed by atoms with Crippen LogP contribution in [0.4, 0.5) is 0 Å². The van der Waals surface area contributed by atoms with Gasteiger partial charge in [0, 0.05) is 17.7 Å². The van der Waals surface area contributed by atoms with Crippen LogP contribution in [0.1, 0.15) is 0 Å². The smallest absolute Gasteiger partial charge is 0.229 e. The maximum atomic E-state index is 12.6. The summed E-state index contributed by atoms with van der Waals surface area (Å²) in [7, 11) is 2.62. The number of phenols is 2. The molecule has 1 aliphatic heterocycles. The maximum absolute atomic E-state index is 12.6. The minimum atomic E-state index is -1.62. The van der Waals surface area contributed by atoms with Crippen molar-refractivity contribution in [3.8, 4) is 40.1 Å². The number of hydrogen-bond donors (Lipinski definition) is 6. The van der Waals surface area contributed by atoms with E-state index in [1.807, 2.05) is 0 Å². The number of phenolic OH excluding ortho intramolecular Hbond substituents is 2.